The summed E-state index contributed by atoms with van der Waals surface area (Å²) in [5.74, 6) is -0.0287. The molecule has 0 saturated carbocycles. The molecule has 4 rings (SSSR count). The van der Waals surface area contributed by atoms with Crippen molar-refractivity contribution in [1.29, 1.82) is 0 Å². The molecule has 1 N–H and O–H groups in total. The number of carbonyl (C=O) groups excluding carboxylic acids is 1. The number of rotatable bonds is 5. The van der Waals surface area contributed by atoms with Crippen molar-refractivity contribution in [3.63, 3.8) is 0 Å². The Kier molecular flexibility index (Phi) is 6.01. The largest absolute Gasteiger partial charge is 0.349 e. The predicted molar refractivity (Wildman–Crippen MR) is 123 cm³/mol. The topological polar surface area (TPSA) is 63.1 Å². The summed E-state index contributed by atoms with van der Waals surface area (Å²) in [6.45, 7) is 9.21. The van der Waals surface area contributed by atoms with Crippen LogP contribution in [-0.4, -0.2) is 51.2 Å². The third-order valence-electron chi connectivity index (χ3n) is 5.67. The minimum absolute atomic E-state index is 0.0287. The number of thiophene rings is 1. The lowest BCUT2D eigenvalue weighted by atomic mass is 10.0. The molecule has 158 valence electrons. The van der Waals surface area contributed by atoms with E-state index in [1.165, 1.54) is 5.57 Å². The van der Waals surface area contributed by atoms with E-state index >= 15 is 0 Å². The lowest BCUT2D eigenvalue weighted by molar-refractivity contribution is 0.0915. The van der Waals surface area contributed by atoms with E-state index in [1.807, 2.05) is 37.6 Å². The van der Waals surface area contributed by atoms with Crippen molar-refractivity contribution in [3.05, 3.63) is 46.5 Å². The molecule has 3 aromatic heterocycles. The van der Waals surface area contributed by atoms with Crippen LogP contribution in [0.15, 0.2) is 35.2 Å². The molecule has 0 atom stereocenters. The van der Waals surface area contributed by atoms with Gasteiger partial charge in [0.1, 0.15) is 0 Å². The fourth-order valence-corrected chi connectivity index (χ4v) is 4.70. The molecule has 0 aromatic carbocycles. The Bertz CT molecular complexity index is 1070. The first kappa shape index (κ1) is 20.8. The van der Waals surface area contributed by atoms with Gasteiger partial charge in [-0.3, -0.25) is 14.4 Å². The lowest BCUT2D eigenvalue weighted by Gasteiger charge is -2.31. The van der Waals surface area contributed by atoms with Crippen molar-refractivity contribution in [2.45, 2.75) is 39.7 Å². The van der Waals surface area contributed by atoms with Gasteiger partial charge in [-0.05, 0) is 51.1 Å². The molecular formula is C23H29N5OS. The number of pyridine rings is 1. The van der Waals surface area contributed by atoms with Crippen LogP contribution in [0.1, 0.15) is 42.7 Å². The molecule has 0 radical (unpaired) electrons. The van der Waals surface area contributed by atoms with Crippen LogP contribution in [-0.2, 0) is 7.05 Å². The summed E-state index contributed by atoms with van der Waals surface area (Å²) in [4.78, 5) is 21.6. The zero-order valence-corrected chi connectivity index (χ0v) is 18.9. The number of hydrogen-bond donors (Lipinski definition) is 1. The number of aryl methyl sites for hydroxylation is 2. The van der Waals surface area contributed by atoms with E-state index in [0.29, 0.717) is 5.56 Å². The van der Waals surface area contributed by atoms with E-state index in [0.717, 1.165) is 59.8 Å². The van der Waals surface area contributed by atoms with Gasteiger partial charge >= 0.3 is 0 Å². The monoisotopic (exact) mass is 423 g/mol. The van der Waals surface area contributed by atoms with Crippen LogP contribution in [0.2, 0.25) is 0 Å². The van der Waals surface area contributed by atoms with E-state index in [4.69, 9.17) is 4.98 Å². The van der Waals surface area contributed by atoms with Crippen molar-refractivity contribution < 1.29 is 4.79 Å². The fraction of sp³-hybridized carbons (Fsp3) is 0.435. The molecule has 1 fully saturated rings. The second kappa shape index (κ2) is 8.70. The van der Waals surface area contributed by atoms with Crippen molar-refractivity contribution in [2.75, 3.05) is 19.6 Å². The van der Waals surface area contributed by atoms with Gasteiger partial charge in [-0.25, -0.2) is 4.98 Å². The van der Waals surface area contributed by atoms with Crippen LogP contribution in [0.4, 0.5) is 0 Å². The van der Waals surface area contributed by atoms with Gasteiger partial charge in [0.25, 0.3) is 5.91 Å². The van der Waals surface area contributed by atoms with Crippen LogP contribution < -0.4 is 5.32 Å². The molecular weight excluding hydrogens is 394 g/mol. The van der Waals surface area contributed by atoms with Gasteiger partial charge in [0.15, 0.2) is 5.65 Å². The van der Waals surface area contributed by atoms with E-state index in [1.54, 1.807) is 16.0 Å². The minimum Gasteiger partial charge on any atom is -0.349 e. The number of carbonyl (C=O) groups is 1. The summed E-state index contributed by atoms with van der Waals surface area (Å²) in [5.41, 5.74) is 4.42. The molecule has 0 bridgehead atoms. The first-order chi connectivity index (χ1) is 14.4. The molecule has 4 heterocycles. The number of fused-ring (bicyclic) bond motifs is 1. The highest BCUT2D eigenvalue weighted by Gasteiger charge is 2.24. The highest BCUT2D eigenvalue weighted by atomic mass is 32.1. The van der Waals surface area contributed by atoms with Crippen LogP contribution in [0.5, 0.6) is 0 Å². The minimum atomic E-state index is -0.0287. The maximum absolute atomic E-state index is 13.3. The highest BCUT2D eigenvalue weighted by molar-refractivity contribution is 7.13. The third-order valence-corrected chi connectivity index (χ3v) is 6.56. The number of hydrogen-bond acceptors (Lipinski definition) is 5. The number of nitrogens with one attached hydrogen (secondary N) is 1. The van der Waals surface area contributed by atoms with Crippen molar-refractivity contribution in [2.24, 2.45) is 7.05 Å². The molecule has 6 nitrogen and oxygen atoms in total. The van der Waals surface area contributed by atoms with Crippen molar-refractivity contribution in [3.8, 4) is 10.6 Å². The smallest absolute Gasteiger partial charge is 0.252 e. The molecule has 7 heteroatoms. The first-order valence-electron chi connectivity index (χ1n) is 10.5. The van der Waals surface area contributed by atoms with Gasteiger partial charge in [-0.1, -0.05) is 17.7 Å². The number of aromatic nitrogens is 3. The summed E-state index contributed by atoms with van der Waals surface area (Å²) in [6, 6.07) is 6.16. The molecule has 1 saturated heterocycles. The van der Waals surface area contributed by atoms with E-state index in [2.05, 4.69) is 35.2 Å². The standard InChI is InChI=1S/C23H29N5OS/c1-15(2)7-10-28-11-8-17(9-12-28)24-23(29)18-14-19(20-6-5-13-30-20)25-22-21(18)16(3)26-27(22)4/h5-7,13-14,17H,8-12H2,1-4H3,(H,24,29). The van der Waals surface area contributed by atoms with Crippen LogP contribution in [0.3, 0.4) is 0 Å². The van der Waals surface area contributed by atoms with Gasteiger partial charge in [0.2, 0.25) is 0 Å². The Morgan fingerprint density at radius 2 is 2.10 bits per heavy atom. The molecule has 30 heavy (non-hydrogen) atoms. The van der Waals surface area contributed by atoms with Gasteiger partial charge in [-0.15, -0.1) is 11.3 Å². The summed E-state index contributed by atoms with van der Waals surface area (Å²) < 4.78 is 1.76. The number of amides is 1. The summed E-state index contributed by atoms with van der Waals surface area (Å²) in [5, 5.41) is 10.7. The summed E-state index contributed by atoms with van der Waals surface area (Å²) in [7, 11) is 1.88. The first-order valence-corrected chi connectivity index (χ1v) is 11.3. The van der Waals surface area contributed by atoms with Crippen LogP contribution in [0, 0.1) is 6.92 Å². The Morgan fingerprint density at radius 1 is 1.33 bits per heavy atom. The van der Waals surface area contributed by atoms with Crippen molar-refractivity contribution >= 4 is 28.3 Å². The molecule has 1 aliphatic heterocycles. The Morgan fingerprint density at radius 3 is 2.77 bits per heavy atom. The maximum atomic E-state index is 13.3. The third kappa shape index (κ3) is 4.32. The Labute approximate surface area is 181 Å². The van der Waals surface area contributed by atoms with Crippen LogP contribution >= 0.6 is 11.3 Å². The zero-order chi connectivity index (χ0) is 21.3. The van der Waals surface area contributed by atoms with E-state index in [9.17, 15) is 4.79 Å². The molecule has 1 aliphatic rings. The zero-order valence-electron chi connectivity index (χ0n) is 18.1. The normalized spacial score (nSPS) is 15.5. The molecule has 0 aliphatic carbocycles. The molecule has 1 amide bonds. The fourth-order valence-electron chi connectivity index (χ4n) is 4.01. The maximum Gasteiger partial charge on any atom is 0.252 e. The Balaban J connectivity index is 1.55. The highest BCUT2D eigenvalue weighted by Crippen LogP contribution is 2.29. The molecule has 3 aromatic rings. The number of allylic oxidation sites excluding steroid dienone is 1. The number of likely N-dealkylation sites (tertiary alicyclic amines) is 1. The Hall–Kier alpha value is -2.51. The van der Waals surface area contributed by atoms with E-state index in [-0.39, 0.29) is 11.9 Å². The average molecular weight is 424 g/mol. The lowest BCUT2D eigenvalue weighted by Crippen LogP contribution is -2.44. The predicted octanol–water partition coefficient (Wildman–Crippen LogP) is 4.17. The summed E-state index contributed by atoms with van der Waals surface area (Å²) >= 11 is 1.63. The second-order valence-corrected chi connectivity index (χ2v) is 9.22. The molecule has 0 unspecified atom stereocenters. The molecule has 0 spiro atoms. The van der Waals surface area contributed by atoms with Crippen molar-refractivity contribution in [1.82, 2.24) is 25.0 Å². The van der Waals surface area contributed by atoms with Gasteiger partial charge in [-0.2, -0.15) is 5.10 Å². The summed E-state index contributed by atoms with van der Waals surface area (Å²) in [6.07, 6.45) is 4.21. The number of nitrogens with zero attached hydrogens (tertiary/aromatic N) is 4. The second-order valence-electron chi connectivity index (χ2n) is 8.27. The van der Waals surface area contributed by atoms with Gasteiger partial charge in [0.05, 0.1) is 27.2 Å². The quantitative estimate of drug-likeness (QED) is 0.626. The van der Waals surface area contributed by atoms with Gasteiger partial charge < -0.3 is 5.32 Å². The SMILES string of the molecule is CC(C)=CCN1CCC(NC(=O)c2cc(-c3cccs3)nc3c2c(C)nn3C)CC1. The van der Waals surface area contributed by atoms with Crippen LogP contribution in [0.25, 0.3) is 21.6 Å². The van der Waals surface area contributed by atoms with E-state index < -0.39 is 0 Å². The van der Waals surface area contributed by atoms with Gasteiger partial charge in [0, 0.05) is 32.7 Å². The number of piperidine rings is 1. The average Bonchev–Trinajstić information content (AvgIpc) is 3.35.